The lowest BCUT2D eigenvalue weighted by molar-refractivity contribution is 0.0607. The minimum Gasteiger partial charge on any atom is -0.378 e. The third-order valence-electron chi connectivity index (χ3n) is 3.00. The number of aliphatic hydroxyl groups is 1. The maximum atomic E-state index is 10.1. The minimum atomic E-state index is -0.756. The van der Waals surface area contributed by atoms with Gasteiger partial charge in [-0.05, 0) is 39.0 Å². The first-order valence-electron chi connectivity index (χ1n) is 5.53. The van der Waals surface area contributed by atoms with Crippen LogP contribution < -0.4 is 5.73 Å². The van der Waals surface area contributed by atoms with Crippen LogP contribution in [0.3, 0.4) is 0 Å². The molecule has 0 amide bonds. The molecular weight excluding hydrogens is 174 g/mol. The van der Waals surface area contributed by atoms with Crippen molar-refractivity contribution in [2.75, 3.05) is 0 Å². The Morgan fingerprint density at radius 2 is 1.93 bits per heavy atom. The number of hydrogen-bond acceptors (Lipinski definition) is 2. The maximum absolute atomic E-state index is 10.1. The lowest BCUT2D eigenvalue weighted by Gasteiger charge is -2.27. The van der Waals surface area contributed by atoms with Crippen molar-refractivity contribution in [3.63, 3.8) is 0 Å². The first kappa shape index (κ1) is 11.6. The molecule has 0 aliphatic heterocycles. The normalized spacial score (nSPS) is 24.6. The summed E-state index contributed by atoms with van der Waals surface area (Å²) < 4.78 is 0. The van der Waals surface area contributed by atoms with E-state index in [-0.39, 0.29) is 0 Å². The van der Waals surface area contributed by atoms with Crippen molar-refractivity contribution in [2.24, 2.45) is 5.73 Å². The lowest BCUT2D eigenvalue weighted by Crippen LogP contribution is -2.35. The van der Waals surface area contributed by atoms with Crippen LogP contribution in [-0.2, 0) is 0 Å². The van der Waals surface area contributed by atoms with E-state index >= 15 is 0 Å². The number of hydrogen-bond donors (Lipinski definition) is 2. The summed E-state index contributed by atoms with van der Waals surface area (Å²) in [6.45, 7) is 3.92. The third-order valence-corrected chi connectivity index (χ3v) is 3.00. The highest BCUT2D eigenvalue weighted by Gasteiger charge is 2.27. The summed E-state index contributed by atoms with van der Waals surface area (Å²) in [5.41, 5.74) is 4.70. The maximum Gasteiger partial charge on any atom is 0.125 e. The van der Waals surface area contributed by atoms with E-state index in [0.29, 0.717) is 0 Å². The topological polar surface area (TPSA) is 46.2 Å². The summed E-state index contributed by atoms with van der Waals surface area (Å²) in [5.74, 6) is 5.97. The molecule has 3 N–H and O–H groups in total. The van der Waals surface area contributed by atoms with Crippen LogP contribution in [0.25, 0.3) is 0 Å². The zero-order chi connectivity index (χ0) is 10.7. The van der Waals surface area contributed by atoms with Gasteiger partial charge in [-0.3, -0.25) is 0 Å². The van der Waals surface area contributed by atoms with Gasteiger partial charge in [0.25, 0.3) is 0 Å². The number of rotatable bonds is 1. The molecule has 0 saturated heterocycles. The van der Waals surface area contributed by atoms with Gasteiger partial charge in [0.2, 0.25) is 0 Å². The van der Waals surface area contributed by atoms with Crippen molar-refractivity contribution in [1.82, 2.24) is 0 Å². The van der Waals surface area contributed by atoms with Gasteiger partial charge in [0.15, 0.2) is 0 Å². The molecule has 0 aromatic carbocycles. The zero-order valence-electron chi connectivity index (χ0n) is 9.27. The van der Waals surface area contributed by atoms with Crippen molar-refractivity contribution in [1.29, 1.82) is 0 Å². The minimum absolute atomic E-state index is 0.451. The van der Waals surface area contributed by atoms with Crippen molar-refractivity contribution >= 4 is 0 Å². The Morgan fingerprint density at radius 3 is 2.43 bits per heavy atom. The molecule has 1 rings (SSSR count). The van der Waals surface area contributed by atoms with Gasteiger partial charge >= 0.3 is 0 Å². The Labute approximate surface area is 86.9 Å². The van der Waals surface area contributed by atoms with E-state index in [2.05, 4.69) is 11.8 Å². The molecule has 0 aromatic rings. The van der Waals surface area contributed by atoms with E-state index in [1.807, 2.05) is 13.8 Å². The zero-order valence-corrected chi connectivity index (χ0v) is 9.27. The van der Waals surface area contributed by atoms with Crippen LogP contribution in [0.2, 0.25) is 0 Å². The van der Waals surface area contributed by atoms with E-state index in [0.717, 1.165) is 32.1 Å². The predicted octanol–water partition coefficient (Wildman–Crippen LogP) is 1.81. The smallest absolute Gasteiger partial charge is 0.125 e. The Morgan fingerprint density at radius 1 is 1.36 bits per heavy atom. The van der Waals surface area contributed by atoms with Crippen LogP contribution in [0, 0.1) is 11.8 Å². The summed E-state index contributed by atoms with van der Waals surface area (Å²) in [5, 5.41) is 10.1. The van der Waals surface area contributed by atoms with Gasteiger partial charge < -0.3 is 10.8 Å². The van der Waals surface area contributed by atoms with Gasteiger partial charge in [0, 0.05) is 0 Å². The molecule has 0 heterocycles. The van der Waals surface area contributed by atoms with Crippen molar-refractivity contribution in [3.05, 3.63) is 0 Å². The fourth-order valence-corrected chi connectivity index (χ4v) is 1.61. The van der Waals surface area contributed by atoms with E-state index in [1.165, 1.54) is 6.42 Å². The van der Waals surface area contributed by atoms with Gasteiger partial charge in [0.1, 0.15) is 5.60 Å². The monoisotopic (exact) mass is 195 g/mol. The van der Waals surface area contributed by atoms with Crippen molar-refractivity contribution in [2.45, 2.75) is 63.5 Å². The Hall–Kier alpha value is -0.520. The Balaban J connectivity index is 2.64. The molecule has 0 radical (unpaired) electrons. The average Bonchev–Trinajstić information content (AvgIpc) is 2.17. The second-order valence-electron chi connectivity index (χ2n) is 4.61. The van der Waals surface area contributed by atoms with Crippen LogP contribution in [0.4, 0.5) is 0 Å². The summed E-state index contributed by atoms with van der Waals surface area (Å²) in [6.07, 6.45) is 5.81. The average molecular weight is 195 g/mol. The van der Waals surface area contributed by atoms with Gasteiger partial charge in [-0.1, -0.05) is 25.2 Å². The molecule has 2 nitrogen and oxygen atoms in total. The molecule has 1 atom stereocenters. The van der Waals surface area contributed by atoms with Crippen LogP contribution in [0.15, 0.2) is 0 Å². The summed E-state index contributed by atoms with van der Waals surface area (Å²) in [4.78, 5) is 0. The lowest BCUT2D eigenvalue weighted by atomic mass is 9.84. The SMILES string of the molecule is CCC(C)(N)C#CC1(O)CCCCC1. The molecule has 1 unspecified atom stereocenters. The van der Waals surface area contributed by atoms with E-state index in [1.54, 1.807) is 0 Å². The summed E-state index contributed by atoms with van der Waals surface area (Å²) in [6, 6.07) is 0. The molecule has 0 bridgehead atoms. The van der Waals surface area contributed by atoms with Crippen LogP contribution in [-0.4, -0.2) is 16.2 Å². The second-order valence-corrected chi connectivity index (χ2v) is 4.61. The van der Waals surface area contributed by atoms with Crippen molar-refractivity contribution in [3.8, 4) is 11.8 Å². The quantitative estimate of drug-likeness (QED) is 0.627. The molecule has 14 heavy (non-hydrogen) atoms. The van der Waals surface area contributed by atoms with Crippen LogP contribution in [0.5, 0.6) is 0 Å². The highest BCUT2D eigenvalue weighted by atomic mass is 16.3. The molecule has 1 aliphatic carbocycles. The van der Waals surface area contributed by atoms with Crippen molar-refractivity contribution < 1.29 is 5.11 Å². The standard InChI is InChI=1S/C12H21NO/c1-3-11(2,13)9-10-12(14)7-5-4-6-8-12/h14H,3-8,13H2,1-2H3. The summed E-state index contributed by atoms with van der Waals surface area (Å²) in [7, 11) is 0. The molecule has 80 valence electrons. The fourth-order valence-electron chi connectivity index (χ4n) is 1.61. The van der Waals surface area contributed by atoms with Crippen LogP contribution in [0.1, 0.15) is 52.4 Å². The molecular formula is C12H21NO. The number of nitrogens with two attached hydrogens (primary N) is 1. The molecule has 0 spiro atoms. The highest BCUT2D eigenvalue weighted by molar-refractivity contribution is 5.22. The molecule has 1 aliphatic rings. The van der Waals surface area contributed by atoms with Gasteiger partial charge in [-0.15, -0.1) is 0 Å². The molecule has 0 aromatic heterocycles. The van der Waals surface area contributed by atoms with E-state index in [9.17, 15) is 5.11 Å². The molecule has 2 heteroatoms. The van der Waals surface area contributed by atoms with Gasteiger partial charge in [0.05, 0.1) is 5.54 Å². The fraction of sp³-hybridized carbons (Fsp3) is 0.833. The highest BCUT2D eigenvalue weighted by Crippen LogP contribution is 2.27. The van der Waals surface area contributed by atoms with E-state index in [4.69, 9.17) is 5.73 Å². The Bertz CT molecular complexity index is 241. The third kappa shape index (κ3) is 3.32. The second kappa shape index (κ2) is 4.33. The molecule has 1 saturated carbocycles. The van der Waals surface area contributed by atoms with Gasteiger partial charge in [-0.2, -0.15) is 0 Å². The first-order chi connectivity index (χ1) is 6.47. The molecule has 1 fully saturated rings. The Kier molecular flexibility index (Phi) is 3.58. The summed E-state index contributed by atoms with van der Waals surface area (Å²) >= 11 is 0. The van der Waals surface area contributed by atoms with E-state index < -0.39 is 11.1 Å². The first-order valence-corrected chi connectivity index (χ1v) is 5.53. The predicted molar refractivity (Wildman–Crippen MR) is 58.7 cm³/mol. The van der Waals surface area contributed by atoms with Gasteiger partial charge in [-0.25, -0.2) is 0 Å². The van der Waals surface area contributed by atoms with Crippen LogP contribution >= 0.6 is 0 Å². The largest absolute Gasteiger partial charge is 0.378 e.